The predicted molar refractivity (Wildman–Crippen MR) is 64.8 cm³/mol. The van der Waals surface area contributed by atoms with Crippen molar-refractivity contribution in [2.75, 3.05) is 0 Å². The molecule has 0 saturated carbocycles. The van der Waals surface area contributed by atoms with E-state index in [1.165, 1.54) is 0 Å². The van der Waals surface area contributed by atoms with Crippen molar-refractivity contribution in [2.24, 2.45) is 4.99 Å². The molecule has 2 rings (SSSR count). The third kappa shape index (κ3) is 2.65. The molecule has 1 aliphatic rings. The van der Waals surface area contributed by atoms with E-state index in [9.17, 15) is 4.79 Å². The minimum atomic E-state index is -0.458. The first-order chi connectivity index (χ1) is 8.20. The fourth-order valence-corrected chi connectivity index (χ4v) is 1.51. The number of allylic oxidation sites excluding steroid dienone is 1. The van der Waals surface area contributed by atoms with Gasteiger partial charge in [-0.25, -0.2) is 0 Å². The van der Waals surface area contributed by atoms with Crippen molar-refractivity contribution >= 4 is 23.5 Å². The Morgan fingerprint density at radius 2 is 2.24 bits per heavy atom. The lowest BCUT2D eigenvalue weighted by Crippen LogP contribution is -2.10. The molecular weight excluding hydrogens is 240 g/mol. The van der Waals surface area contributed by atoms with Gasteiger partial charge in [0.1, 0.15) is 5.76 Å². The summed E-state index contributed by atoms with van der Waals surface area (Å²) >= 11 is 5.89. The average Bonchev–Trinajstić information content (AvgIpc) is 2.77. The second-order valence-corrected chi connectivity index (χ2v) is 3.77. The van der Waals surface area contributed by atoms with Crippen molar-refractivity contribution in [3.05, 3.63) is 46.8 Å². The van der Waals surface area contributed by atoms with Crippen LogP contribution >= 0.6 is 11.6 Å². The fraction of sp³-hybridized carbons (Fsp3) is 0.167. The van der Waals surface area contributed by atoms with Crippen LogP contribution in [0.5, 0.6) is 0 Å². The summed E-state index contributed by atoms with van der Waals surface area (Å²) in [6, 6.07) is 6.78. The Bertz CT molecular complexity index is 509. The minimum Gasteiger partial charge on any atom is -0.427 e. The maximum Gasteiger partial charge on any atom is 0.325 e. The highest BCUT2D eigenvalue weighted by Gasteiger charge is 2.16. The smallest absolute Gasteiger partial charge is 0.325 e. The van der Waals surface area contributed by atoms with Gasteiger partial charge in [-0.2, -0.15) is 10.3 Å². The molecule has 0 aliphatic carbocycles. The van der Waals surface area contributed by atoms with Gasteiger partial charge in [-0.3, -0.25) is 4.79 Å². The van der Waals surface area contributed by atoms with Crippen LogP contribution in [0.25, 0.3) is 0 Å². The second kappa shape index (κ2) is 5.01. The molecule has 1 heterocycles. The Kier molecular flexibility index (Phi) is 3.44. The molecule has 1 amide bonds. The molecule has 17 heavy (non-hydrogen) atoms. The highest BCUT2D eigenvalue weighted by atomic mass is 35.5. The summed E-state index contributed by atoms with van der Waals surface area (Å²) in [5, 5.41) is 4.25. The molecule has 0 atom stereocenters. The Morgan fingerprint density at radius 1 is 1.47 bits per heavy atom. The Hall–Kier alpha value is -1.81. The number of rotatable bonds is 2. The van der Waals surface area contributed by atoms with E-state index < -0.39 is 5.91 Å². The standard InChI is InChI=1S/C12H10ClN2O2/c1-2-8-7-14-12(17-8)15-11(16)9-5-3-4-6-10(9)13/h3-7H,2H2,1H3. The van der Waals surface area contributed by atoms with E-state index in [2.05, 4.69) is 10.3 Å². The van der Waals surface area contributed by atoms with Crippen LogP contribution in [0.1, 0.15) is 23.7 Å². The Morgan fingerprint density at radius 3 is 2.88 bits per heavy atom. The molecule has 87 valence electrons. The number of hydrogen-bond donors (Lipinski definition) is 0. The van der Waals surface area contributed by atoms with Gasteiger partial charge in [0.2, 0.25) is 0 Å². The topological polar surface area (TPSA) is 52.8 Å². The molecular formula is C12H10ClN2O2. The predicted octanol–water partition coefficient (Wildman–Crippen LogP) is 2.72. The molecule has 1 aliphatic heterocycles. The van der Waals surface area contributed by atoms with Crippen LogP contribution in [0.3, 0.4) is 0 Å². The molecule has 0 unspecified atom stereocenters. The van der Waals surface area contributed by atoms with Crippen molar-refractivity contribution in [3.63, 3.8) is 0 Å². The first kappa shape index (κ1) is 11.7. The van der Waals surface area contributed by atoms with Crippen LogP contribution in [0, 0.1) is 0 Å². The summed E-state index contributed by atoms with van der Waals surface area (Å²) in [6.45, 7) is 1.93. The third-order valence-electron chi connectivity index (χ3n) is 2.19. The summed E-state index contributed by atoms with van der Waals surface area (Å²) < 4.78 is 5.22. The van der Waals surface area contributed by atoms with Crippen LogP contribution in [0.4, 0.5) is 0 Å². The maximum absolute atomic E-state index is 11.8. The van der Waals surface area contributed by atoms with E-state index in [-0.39, 0.29) is 6.02 Å². The SMILES string of the molecule is CCC1=C[N]C(=NC(=O)c2ccccc2Cl)O1. The Labute approximate surface area is 104 Å². The number of hydrogen-bond acceptors (Lipinski definition) is 2. The first-order valence-electron chi connectivity index (χ1n) is 5.16. The van der Waals surface area contributed by atoms with Gasteiger partial charge < -0.3 is 4.74 Å². The molecule has 0 aromatic heterocycles. The number of aliphatic imine (C=N–C) groups is 1. The monoisotopic (exact) mass is 249 g/mol. The lowest BCUT2D eigenvalue weighted by Gasteiger charge is -2.00. The van der Waals surface area contributed by atoms with Crippen molar-refractivity contribution in [1.82, 2.24) is 5.32 Å². The number of amidine groups is 1. The lowest BCUT2D eigenvalue weighted by molar-refractivity contribution is 0.1000. The summed E-state index contributed by atoms with van der Waals surface area (Å²) in [5.41, 5.74) is 0.338. The number of carbonyl (C=O) groups excluding carboxylic acids is 1. The van der Waals surface area contributed by atoms with Crippen LogP contribution in [-0.2, 0) is 4.74 Å². The molecule has 0 bridgehead atoms. The minimum absolute atomic E-state index is 0.0618. The summed E-state index contributed by atoms with van der Waals surface area (Å²) in [4.78, 5) is 15.5. The van der Waals surface area contributed by atoms with E-state index in [4.69, 9.17) is 16.3 Å². The van der Waals surface area contributed by atoms with Gasteiger partial charge in [0.25, 0.3) is 5.91 Å². The van der Waals surface area contributed by atoms with Crippen LogP contribution < -0.4 is 5.32 Å². The van der Waals surface area contributed by atoms with Gasteiger partial charge in [-0.05, 0) is 12.1 Å². The number of ether oxygens (including phenoxy) is 1. The average molecular weight is 250 g/mol. The van der Waals surface area contributed by atoms with Gasteiger partial charge in [0.05, 0.1) is 16.8 Å². The van der Waals surface area contributed by atoms with E-state index in [1.807, 2.05) is 6.92 Å². The quantitative estimate of drug-likeness (QED) is 0.809. The van der Waals surface area contributed by atoms with Crippen LogP contribution in [0.2, 0.25) is 5.02 Å². The van der Waals surface area contributed by atoms with E-state index in [1.54, 1.807) is 30.5 Å². The molecule has 1 aromatic rings. The maximum atomic E-state index is 11.8. The number of halogens is 1. The largest absolute Gasteiger partial charge is 0.427 e. The molecule has 4 nitrogen and oxygen atoms in total. The van der Waals surface area contributed by atoms with Gasteiger partial charge in [-0.15, -0.1) is 0 Å². The molecule has 0 spiro atoms. The molecule has 0 N–H and O–H groups in total. The van der Waals surface area contributed by atoms with Gasteiger partial charge >= 0.3 is 6.02 Å². The zero-order valence-electron chi connectivity index (χ0n) is 9.18. The third-order valence-corrected chi connectivity index (χ3v) is 2.52. The highest BCUT2D eigenvalue weighted by Crippen LogP contribution is 2.17. The zero-order chi connectivity index (χ0) is 12.3. The summed E-state index contributed by atoms with van der Waals surface area (Å²) in [7, 11) is 0. The van der Waals surface area contributed by atoms with E-state index in [0.717, 1.165) is 0 Å². The van der Waals surface area contributed by atoms with Crippen molar-refractivity contribution in [2.45, 2.75) is 13.3 Å². The Balaban J connectivity index is 2.14. The normalized spacial score (nSPS) is 16.4. The number of carbonyl (C=O) groups is 1. The van der Waals surface area contributed by atoms with Crippen LogP contribution in [-0.4, -0.2) is 11.9 Å². The number of nitrogens with zero attached hydrogens (tertiary/aromatic N) is 2. The highest BCUT2D eigenvalue weighted by molar-refractivity contribution is 6.34. The van der Waals surface area contributed by atoms with Crippen molar-refractivity contribution < 1.29 is 9.53 Å². The van der Waals surface area contributed by atoms with Crippen molar-refractivity contribution in [1.29, 1.82) is 0 Å². The van der Waals surface area contributed by atoms with E-state index >= 15 is 0 Å². The lowest BCUT2D eigenvalue weighted by atomic mass is 10.2. The zero-order valence-corrected chi connectivity index (χ0v) is 9.94. The number of benzene rings is 1. The molecule has 5 heteroatoms. The van der Waals surface area contributed by atoms with Crippen molar-refractivity contribution in [3.8, 4) is 0 Å². The van der Waals surface area contributed by atoms with Crippen LogP contribution in [0.15, 0.2) is 41.2 Å². The van der Waals surface area contributed by atoms with Gasteiger partial charge in [0, 0.05) is 6.42 Å². The molecule has 0 saturated heterocycles. The molecule has 1 aromatic carbocycles. The van der Waals surface area contributed by atoms with Gasteiger partial charge in [-0.1, -0.05) is 30.7 Å². The fourth-order valence-electron chi connectivity index (χ4n) is 1.29. The second-order valence-electron chi connectivity index (χ2n) is 3.36. The molecule has 0 fully saturated rings. The van der Waals surface area contributed by atoms with Gasteiger partial charge in [0.15, 0.2) is 0 Å². The summed E-state index contributed by atoms with van der Waals surface area (Å²) in [6.07, 6.45) is 2.27. The first-order valence-corrected chi connectivity index (χ1v) is 5.54. The molecule has 1 radical (unpaired) electrons. The number of amides is 1. The summed E-state index contributed by atoms with van der Waals surface area (Å²) in [5.74, 6) is 0.232. The van der Waals surface area contributed by atoms with E-state index in [0.29, 0.717) is 22.8 Å².